The summed E-state index contributed by atoms with van der Waals surface area (Å²) in [6.45, 7) is 0.274. The smallest absolute Gasteiger partial charge is 0.261 e. The molecule has 0 unspecified atom stereocenters. The second-order valence-electron chi connectivity index (χ2n) is 5.69. The van der Waals surface area contributed by atoms with Crippen LogP contribution in [0, 0.1) is 5.82 Å². The number of carbonyl (C=O) groups excluding carboxylic acids is 1. The molecule has 0 radical (unpaired) electrons. The molecule has 27 heavy (non-hydrogen) atoms. The van der Waals surface area contributed by atoms with Crippen LogP contribution in [0.3, 0.4) is 0 Å². The fourth-order valence-electron chi connectivity index (χ4n) is 2.54. The molecule has 3 aromatic rings. The minimum atomic E-state index is -0.530. The van der Waals surface area contributed by atoms with E-state index in [0.29, 0.717) is 17.0 Å². The molecule has 3 rings (SSSR count). The number of aromatic nitrogens is 2. The molecule has 8 heteroatoms. The van der Waals surface area contributed by atoms with E-state index < -0.39 is 11.4 Å². The van der Waals surface area contributed by atoms with Crippen molar-refractivity contribution in [2.24, 2.45) is 0 Å². The Balaban J connectivity index is 1.56. The Hall–Kier alpha value is -3.42. The summed E-state index contributed by atoms with van der Waals surface area (Å²) < 4.78 is 25.2. The second-order valence-corrected chi connectivity index (χ2v) is 5.69. The van der Waals surface area contributed by atoms with Gasteiger partial charge in [0.15, 0.2) is 11.5 Å². The van der Waals surface area contributed by atoms with E-state index in [0.717, 1.165) is 10.6 Å². The minimum absolute atomic E-state index is 0.129. The molecule has 0 atom stereocenters. The van der Waals surface area contributed by atoms with Gasteiger partial charge in [-0.25, -0.2) is 9.37 Å². The van der Waals surface area contributed by atoms with Gasteiger partial charge < -0.3 is 14.8 Å². The van der Waals surface area contributed by atoms with Crippen molar-refractivity contribution >= 4 is 16.8 Å². The number of hydrogen-bond acceptors (Lipinski definition) is 5. The van der Waals surface area contributed by atoms with Crippen molar-refractivity contribution in [3.05, 3.63) is 65.0 Å². The molecule has 1 N–H and O–H groups in total. The molecule has 2 aromatic carbocycles. The number of benzene rings is 2. The first-order valence-electron chi connectivity index (χ1n) is 8.25. The molecular formula is C19H18FN3O4. The van der Waals surface area contributed by atoms with Crippen molar-refractivity contribution in [1.29, 1.82) is 0 Å². The Morgan fingerprint density at radius 3 is 2.78 bits per heavy atom. The van der Waals surface area contributed by atoms with E-state index in [-0.39, 0.29) is 31.0 Å². The summed E-state index contributed by atoms with van der Waals surface area (Å²) >= 11 is 0. The molecule has 0 saturated carbocycles. The zero-order valence-electron chi connectivity index (χ0n) is 14.6. The molecule has 0 aliphatic carbocycles. The standard InChI is InChI=1S/C19H18FN3O4/c1-26-16-4-2-3-5-17(16)27-9-8-21-18(24)11-23-12-22-15-7-6-13(20)10-14(15)19(23)25/h2-7,10,12H,8-9,11H2,1H3,(H,21,24). The number of halogens is 1. The van der Waals surface area contributed by atoms with Crippen LogP contribution >= 0.6 is 0 Å². The average molecular weight is 371 g/mol. The number of methoxy groups -OCH3 is 1. The summed E-state index contributed by atoms with van der Waals surface area (Å²) in [7, 11) is 1.55. The van der Waals surface area contributed by atoms with E-state index in [1.807, 2.05) is 12.1 Å². The Labute approximate surface area is 154 Å². The lowest BCUT2D eigenvalue weighted by Crippen LogP contribution is -2.34. The minimum Gasteiger partial charge on any atom is -0.493 e. The van der Waals surface area contributed by atoms with Crippen molar-refractivity contribution in [3.8, 4) is 11.5 Å². The normalized spacial score (nSPS) is 10.6. The zero-order chi connectivity index (χ0) is 19.2. The largest absolute Gasteiger partial charge is 0.493 e. The van der Waals surface area contributed by atoms with Crippen LogP contribution in [-0.4, -0.2) is 35.7 Å². The number of hydrogen-bond donors (Lipinski definition) is 1. The maximum Gasteiger partial charge on any atom is 0.261 e. The fourth-order valence-corrected chi connectivity index (χ4v) is 2.54. The van der Waals surface area contributed by atoms with Gasteiger partial charge in [0.2, 0.25) is 5.91 Å². The highest BCUT2D eigenvalue weighted by atomic mass is 19.1. The molecule has 0 spiro atoms. The number of carbonyl (C=O) groups is 1. The Morgan fingerprint density at radius 1 is 1.22 bits per heavy atom. The summed E-state index contributed by atoms with van der Waals surface area (Å²) in [5.41, 5.74) is -0.0943. The number of fused-ring (bicyclic) bond motifs is 1. The van der Waals surface area contributed by atoms with Crippen LogP contribution in [0.15, 0.2) is 53.6 Å². The van der Waals surface area contributed by atoms with Crippen LogP contribution in [0.25, 0.3) is 10.9 Å². The Morgan fingerprint density at radius 2 is 2.00 bits per heavy atom. The van der Waals surface area contributed by atoms with Crippen LogP contribution < -0.4 is 20.3 Å². The first-order chi connectivity index (χ1) is 13.1. The van der Waals surface area contributed by atoms with Gasteiger partial charge in [0, 0.05) is 0 Å². The summed E-state index contributed by atoms with van der Waals surface area (Å²) in [5, 5.41) is 2.79. The van der Waals surface area contributed by atoms with Crippen LogP contribution in [0.5, 0.6) is 11.5 Å². The first-order valence-corrected chi connectivity index (χ1v) is 8.25. The lowest BCUT2D eigenvalue weighted by molar-refractivity contribution is -0.121. The second kappa shape index (κ2) is 8.31. The number of amides is 1. The van der Waals surface area contributed by atoms with E-state index >= 15 is 0 Å². The van der Waals surface area contributed by atoms with E-state index in [9.17, 15) is 14.0 Å². The van der Waals surface area contributed by atoms with Gasteiger partial charge in [0.25, 0.3) is 5.56 Å². The number of rotatable bonds is 7. The molecule has 1 aromatic heterocycles. The summed E-state index contributed by atoms with van der Waals surface area (Å²) in [5.74, 6) is 0.270. The van der Waals surface area contributed by atoms with Gasteiger partial charge in [0.1, 0.15) is 19.0 Å². The number of para-hydroxylation sites is 2. The lowest BCUT2D eigenvalue weighted by Gasteiger charge is -2.11. The highest BCUT2D eigenvalue weighted by molar-refractivity contribution is 5.79. The maximum atomic E-state index is 13.3. The highest BCUT2D eigenvalue weighted by Crippen LogP contribution is 2.25. The molecule has 0 aliphatic rings. The zero-order valence-corrected chi connectivity index (χ0v) is 14.6. The predicted molar refractivity (Wildman–Crippen MR) is 97.5 cm³/mol. The average Bonchev–Trinajstić information content (AvgIpc) is 2.68. The molecule has 0 bridgehead atoms. The Bertz CT molecular complexity index is 1020. The molecule has 140 valence electrons. The topological polar surface area (TPSA) is 82.4 Å². The first kappa shape index (κ1) is 18.4. The van der Waals surface area contributed by atoms with Gasteiger partial charge >= 0.3 is 0 Å². The van der Waals surface area contributed by atoms with Crippen molar-refractivity contribution in [2.45, 2.75) is 6.54 Å². The van der Waals surface area contributed by atoms with Gasteiger partial charge in [-0.15, -0.1) is 0 Å². The molecular weight excluding hydrogens is 353 g/mol. The number of nitrogens with one attached hydrogen (secondary N) is 1. The van der Waals surface area contributed by atoms with Crippen LogP contribution in [0.4, 0.5) is 4.39 Å². The Kier molecular flexibility index (Phi) is 5.65. The summed E-state index contributed by atoms with van der Waals surface area (Å²) in [4.78, 5) is 28.5. The predicted octanol–water partition coefficient (Wildman–Crippen LogP) is 1.74. The molecule has 1 heterocycles. The molecule has 0 saturated heterocycles. The van der Waals surface area contributed by atoms with Gasteiger partial charge in [-0.2, -0.15) is 0 Å². The van der Waals surface area contributed by atoms with E-state index in [4.69, 9.17) is 9.47 Å². The van der Waals surface area contributed by atoms with Gasteiger partial charge in [-0.3, -0.25) is 14.2 Å². The summed E-state index contributed by atoms with van der Waals surface area (Å²) in [6.07, 6.45) is 1.27. The summed E-state index contributed by atoms with van der Waals surface area (Å²) in [6, 6.07) is 10.9. The van der Waals surface area contributed by atoms with Crippen molar-refractivity contribution in [1.82, 2.24) is 14.9 Å². The van der Waals surface area contributed by atoms with E-state index in [2.05, 4.69) is 10.3 Å². The third-order valence-electron chi connectivity index (χ3n) is 3.85. The van der Waals surface area contributed by atoms with Crippen LogP contribution in [0.1, 0.15) is 0 Å². The van der Waals surface area contributed by atoms with Crippen molar-refractivity contribution in [2.75, 3.05) is 20.3 Å². The van der Waals surface area contributed by atoms with Gasteiger partial charge in [-0.05, 0) is 30.3 Å². The third kappa shape index (κ3) is 4.41. The van der Waals surface area contributed by atoms with Gasteiger partial charge in [0.05, 0.1) is 30.9 Å². The monoisotopic (exact) mass is 371 g/mol. The molecule has 0 fully saturated rings. The highest BCUT2D eigenvalue weighted by Gasteiger charge is 2.09. The number of nitrogens with zero attached hydrogens (tertiary/aromatic N) is 2. The van der Waals surface area contributed by atoms with Crippen molar-refractivity contribution < 1.29 is 18.7 Å². The third-order valence-corrected chi connectivity index (χ3v) is 3.85. The van der Waals surface area contributed by atoms with Crippen LogP contribution in [0.2, 0.25) is 0 Å². The molecule has 0 aliphatic heterocycles. The molecule has 1 amide bonds. The SMILES string of the molecule is COc1ccccc1OCCNC(=O)Cn1cnc2ccc(F)cc2c1=O. The van der Waals surface area contributed by atoms with E-state index in [1.165, 1.54) is 18.5 Å². The quantitative estimate of drug-likeness (QED) is 0.640. The number of ether oxygens (including phenoxy) is 2. The lowest BCUT2D eigenvalue weighted by atomic mass is 10.2. The molecule has 7 nitrogen and oxygen atoms in total. The van der Waals surface area contributed by atoms with Crippen molar-refractivity contribution in [3.63, 3.8) is 0 Å². The van der Waals surface area contributed by atoms with E-state index in [1.54, 1.807) is 19.2 Å². The van der Waals surface area contributed by atoms with Crippen LogP contribution in [-0.2, 0) is 11.3 Å². The van der Waals surface area contributed by atoms with Gasteiger partial charge in [-0.1, -0.05) is 12.1 Å². The maximum absolute atomic E-state index is 13.3. The fraction of sp³-hybridized carbons (Fsp3) is 0.211.